The largest absolute Gasteiger partial charge is 0.490 e. The molecule has 0 saturated carbocycles. The van der Waals surface area contributed by atoms with Crippen LogP contribution in [0.4, 0.5) is 4.79 Å². The number of aldehydes is 1. The van der Waals surface area contributed by atoms with E-state index in [0.29, 0.717) is 43.7 Å². The van der Waals surface area contributed by atoms with Gasteiger partial charge in [-0.3, -0.25) is 0 Å². The number of hydrogen-bond acceptors (Lipinski definition) is 6. The summed E-state index contributed by atoms with van der Waals surface area (Å²) in [5.74, 6) is 1.82. The maximum absolute atomic E-state index is 12.2. The molecule has 0 bridgehead atoms. The number of carbonyl (C=O) groups is 2. The summed E-state index contributed by atoms with van der Waals surface area (Å²) in [5, 5.41) is 2.70. The minimum absolute atomic E-state index is 0.155. The Kier molecular flexibility index (Phi) is 12.4. The molecule has 0 unspecified atom stereocenters. The summed E-state index contributed by atoms with van der Waals surface area (Å²) in [4.78, 5) is 24.0. The molecule has 7 nitrogen and oxygen atoms in total. The normalized spacial score (nSPS) is 13.1. The Balaban J connectivity index is 2.13. The molecule has 0 fully saturated rings. The molecule has 0 saturated heterocycles. The van der Waals surface area contributed by atoms with Crippen LogP contribution in [-0.2, 0) is 27.3 Å². The predicted molar refractivity (Wildman–Crippen MR) is 145 cm³/mol. The number of methoxy groups -OCH3 is 1. The first-order valence-electron chi connectivity index (χ1n) is 13.0. The fraction of sp³-hybridized carbons (Fsp3) is 0.533. The minimum atomic E-state index is -0.626. The summed E-state index contributed by atoms with van der Waals surface area (Å²) >= 11 is 0. The van der Waals surface area contributed by atoms with Gasteiger partial charge in [0.2, 0.25) is 0 Å². The molecule has 204 valence electrons. The van der Waals surface area contributed by atoms with Gasteiger partial charge < -0.3 is 29.1 Å². The van der Waals surface area contributed by atoms with E-state index >= 15 is 0 Å². The van der Waals surface area contributed by atoms with Crippen molar-refractivity contribution in [2.75, 3.05) is 20.3 Å². The van der Waals surface area contributed by atoms with E-state index in [1.54, 1.807) is 27.9 Å². The van der Waals surface area contributed by atoms with Crippen LogP contribution in [0, 0.1) is 11.8 Å². The van der Waals surface area contributed by atoms with Crippen molar-refractivity contribution in [3.8, 4) is 11.5 Å². The third-order valence-electron chi connectivity index (χ3n) is 5.86. The van der Waals surface area contributed by atoms with Crippen molar-refractivity contribution in [3.05, 3.63) is 59.7 Å². The van der Waals surface area contributed by atoms with E-state index < -0.39 is 17.7 Å². The van der Waals surface area contributed by atoms with Crippen molar-refractivity contribution < 1.29 is 28.5 Å². The number of nitrogens with one attached hydrogen (secondary N) is 1. The van der Waals surface area contributed by atoms with Crippen LogP contribution in [-0.4, -0.2) is 44.3 Å². The minimum Gasteiger partial charge on any atom is -0.490 e. The molecular weight excluding hydrogens is 470 g/mol. The Morgan fingerprint density at radius 3 is 2.32 bits per heavy atom. The Bertz CT molecular complexity index is 954. The van der Waals surface area contributed by atoms with Crippen molar-refractivity contribution in [3.63, 3.8) is 0 Å². The highest BCUT2D eigenvalue weighted by molar-refractivity contribution is 5.73. The molecule has 0 aliphatic rings. The lowest BCUT2D eigenvalue weighted by atomic mass is 9.84. The van der Waals surface area contributed by atoms with Gasteiger partial charge >= 0.3 is 6.09 Å². The maximum atomic E-state index is 12.2. The molecule has 7 heteroatoms. The van der Waals surface area contributed by atoms with E-state index in [0.717, 1.165) is 30.3 Å². The SMILES string of the molecule is COCCCOc1cc(C[C@@H](C[C@@H](C=O)NC(=O)OC(C)(C)C)C(C)C)ccc1OCc1ccccc1. The van der Waals surface area contributed by atoms with Gasteiger partial charge in [-0.1, -0.05) is 50.2 Å². The summed E-state index contributed by atoms with van der Waals surface area (Å²) in [7, 11) is 1.67. The van der Waals surface area contributed by atoms with Crippen LogP contribution in [0.25, 0.3) is 0 Å². The number of amides is 1. The number of ether oxygens (including phenoxy) is 4. The zero-order chi connectivity index (χ0) is 27.3. The molecule has 37 heavy (non-hydrogen) atoms. The molecule has 0 heterocycles. The first kappa shape index (κ1) is 30.2. The van der Waals surface area contributed by atoms with E-state index in [1.165, 1.54) is 0 Å². The molecular formula is C30H43NO6. The summed E-state index contributed by atoms with van der Waals surface area (Å²) in [6.07, 6.45) is 2.20. The quantitative estimate of drug-likeness (QED) is 0.233. The Hall–Kier alpha value is -3.06. The van der Waals surface area contributed by atoms with Crippen LogP contribution in [0.2, 0.25) is 0 Å². The van der Waals surface area contributed by atoms with E-state index in [4.69, 9.17) is 18.9 Å². The first-order chi connectivity index (χ1) is 17.6. The van der Waals surface area contributed by atoms with Gasteiger partial charge in [-0.15, -0.1) is 0 Å². The van der Waals surface area contributed by atoms with Crippen LogP contribution >= 0.6 is 0 Å². The summed E-state index contributed by atoms with van der Waals surface area (Å²) in [5.41, 5.74) is 1.53. The second kappa shape index (κ2) is 15.3. The van der Waals surface area contributed by atoms with Gasteiger partial charge in [-0.05, 0) is 68.7 Å². The lowest BCUT2D eigenvalue weighted by molar-refractivity contribution is -0.110. The summed E-state index contributed by atoms with van der Waals surface area (Å²) in [6.45, 7) is 11.2. The van der Waals surface area contributed by atoms with E-state index in [1.807, 2.05) is 48.5 Å². The molecule has 0 aromatic heterocycles. The topological polar surface area (TPSA) is 83.1 Å². The summed E-state index contributed by atoms with van der Waals surface area (Å²) < 4.78 is 22.6. The molecule has 0 aliphatic carbocycles. The van der Waals surface area contributed by atoms with Crippen LogP contribution in [0.1, 0.15) is 58.6 Å². The monoisotopic (exact) mass is 513 g/mol. The molecule has 0 spiro atoms. The molecule has 0 radical (unpaired) electrons. The van der Waals surface area contributed by atoms with E-state index in [-0.39, 0.29) is 5.92 Å². The zero-order valence-corrected chi connectivity index (χ0v) is 23.1. The number of benzene rings is 2. The molecule has 2 aromatic rings. The van der Waals surface area contributed by atoms with E-state index in [2.05, 4.69) is 19.2 Å². The Morgan fingerprint density at radius 1 is 0.973 bits per heavy atom. The molecule has 0 aliphatic heterocycles. The van der Waals surface area contributed by atoms with Crippen LogP contribution in [0.5, 0.6) is 11.5 Å². The van der Waals surface area contributed by atoms with Crippen molar-refractivity contribution >= 4 is 12.4 Å². The van der Waals surface area contributed by atoms with Gasteiger partial charge in [0.05, 0.1) is 12.6 Å². The van der Waals surface area contributed by atoms with Crippen molar-refractivity contribution in [1.82, 2.24) is 5.32 Å². The van der Waals surface area contributed by atoms with Gasteiger partial charge in [0.25, 0.3) is 0 Å². The fourth-order valence-electron chi connectivity index (χ4n) is 3.86. The lowest BCUT2D eigenvalue weighted by Crippen LogP contribution is -2.41. The number of rotatable bonds is 15. The van der Waals surface area contributed by atoms with Crippen LogP contribution in [0.3, 0.4) is 0 Å². The third-order valence-corrected chi connectivity index (χ3v) is 5.86. The second-order valence-corrected chi connectivity index (χ2v) is 10.6. The first-order valence-corrected chi connectivity index (χ1v) is 13.0. The van der Waals surface area contributed by atoms with E-state index in [9.17, 15) is 9.59 Å². The van der Waals surface area contributed by atoms with Gasteiger partial charge in [-0.25, -0.2) is 4.79 Å². The highest BCUT2D eigenvalue weighted by Crippen LogP contribution is 2.32. The smallest absolute Gasteiger partial charge is 0.408 e. The highest BCUT2D eigenvalue weighted by Gasteiger charge is 2.24. The second-order valence-electron chi connectivity index (χ2n) is 10.6. The predicted octanol–water partition coefficient (Wildman–Crippen LogP) is 5.98. The maximum Gasteiger partial charge on any atom is 0.408 e. The number of hydrogen-bond donors (Lipinski definition) is 1. The molecule has 1 N–H and O–H groups in total. The summed E-state index contributed by atoms with van der Waals surface area (Å²) in [6, 6.07) is 15.4. The number of carbonyl (C=O) groups excluding carboxylic acids is 2. The standard InChI is InChI=1S/C30H43NO6/c1-22(2)25(19-26(20-32)31-29(33)37-30(3,4)5)17-24-13-14-27(28(18-24)35-16-10-15-34-6)36-21-23-11-8-7-9-12-23/h7-9,11-14,18,20,22,25-26H,10,15-17,19,21H2,1-6H3,(H,31,33)/t25-,26-/m0/s1. The molecule has 1 amide bonds. The van der Waals surface area contributed by atoms with Gasteiger partial charge in [0.1, 0.15) is 18.5 Å². The zero-order valence-electron chi connectivity index (χ0n) is 23.1. The Morgan fingerprint density at radius 2 is 1.70 bits per heavy atom. The Labute approximate surface area is 221 Å². The molecule has 2 rings (SSSR count). The lowest BCUT2D eigenvalue weighted by Gasteiger charge is -2.26. The fourth-order valence-corrected chi connectivity index (χ4v) is 3.86. The van der Waals surface area contributed by atoms with Gasteiger partial charge in [0.15, 0.2) is 11.5 Å². The van der Waals surface area contributed by atoms with Crippen molar-refractivity contribution in [1.29, 1.82) is 0 Å². The van der Waals surface area contributed by atoms with Gasteiger partial charge in [-0.2, -0.15) is 0 Å². The van der Waals surface area contributed by atoms with Crippen LogP contribution < -0.4 is 14.8 Å². The van der Waals surface area contributed by atoms with Crippen molar-refractivity contribution in [2.24, 2.45) is 11.8 Å². The van der Waals surface area contributed by atoms with Gasteiger partial charge in [0, 0.05) is 20.1 Å². The van der Waals surface area contributed by atoms with Crippen molar-refractivity contribution in [2.45, 2.75) is 72.1 Å². The third kappa shape index (κ3) is 11.7. The van der Waals surface area contributed by atoms with Crippen LogP contribution in [0.15, 0.2) is 48.5 Å². The molecule has 2 aromatic carbocycles. The average Bonchev–Trinajstić information content (AvgIpc) is 2.84. The number of alkyl carbamates (subject to hydrolysis) is 1. The highest BCUT2D eigenvalue weighted by atomic mass is 16.6. The average molecular weight is 514 g/mol. The molecule has 2 atom stereocenters.